The second-order valence-corrected chi connectivity index (χ2v) is 2.70. The zero-order chi connectivity index (χ0) is 8.97. The minimum Gasteiger partial charge on any atom is -0.755 e. The van der Waals surface area contributed by atoms with Crippen molar-refractivity contribution in [3.63, 3.8) is 0 Å². The Labute approximate surface area is 72.3 Å². The molecule has 0 aliphatic carbocycles. The minimum absolute atomic E-state index is 0.391. The maximum Gasteiger partial charge on any atom is 0.0992 e. The molecule has 0 saturated carbocycles. The summed E-state index contributed by atoms with van der Waals surface area (Å²) in [4.78, 5) is 0. The van der Waals surface area contributed by atoms with Gasteiger partial charge in [-0.05, 0) is 18.2 Å². The third kappa shape index (κ3) is 2.34. The van der Waals surface area contributed by atoms with Crippen molar-refractivity contribution in [1.82, 2.24) is 0 Å². The Kier molecular flexibility index (Phi) is 2.80. The molecule has 1 unspecified atom stereocenters. The SMILES string of the molecule is N#Cc1cccc(NS(=O)[O-])c1. The van der Waals surface area contributed by atoms with Crippen molar-refractivity contribution in [2.24, 2.45) is 0 Å². The van der Waals surface area contributed by atoms with Gasteiger partial charge in [-0.15, -0.1) is 0 Å². The topological polar surface area (TPSA) is 76.0 Å². The molecule has 1 N–H and O–H groups in total. The molecule has 0 aliphatic heterocycles. The van der Waals surface area contributed by atoms with Crippen LogP contribution in [-0.2, 0) is 11.3 Å². The normalized spacial score (nSPS) is 11.7. The second-order valence-electron chi connectivity index (χ2n) is 2.03. The van der Waals surface area contributed by atoms with E-state index in [-0.39, 0.29) is 0 Å². The number of nitriles is 1. The lowest BCUT2D eigenvalue weighted by Crippen LogP contribution is -2.01. The Hall–Kier alpha value is -1.38. The highest BCUT2D eigenvalue weighted by Gasteiger charge is 1.92. The first kappa shape index (κ1) is 8.71. The Morgan fingerprint density at radius 1 is 1.58 bits per heavy atom. The first-order valence-electron chi connectivity index (χ1n) is 3.08. The van der Waals surface area contributed by atoms with Gasteiger partial charge in [0.2, 0.25) is 0 Å². The summed E-state index contributed by atoms with van der Waals surface area (Å²) < 4.78 is 22.5. The third-order valence-electron chi connectivity index (χ3n) is 1.19. The fourth-order valence-corrected chi connectivity index (χ4v) is 1.07. The van der Waals surface area contributed by atoms with Crippen LogP contribution in [0.3, 0.4) is 0 Å². The molecule has 0 spiro atoms. The fourth-order valence-electron chi connectivity index (χ4n) is 0.748. The zero-order valence-corrected chi connectivity index (χ0v) is 6.80. The zero-order valence-electron chi connectivity index (χ0n) is 5.98. The van der Waals surface area contributed by atoms with E-state index in [1.807, 2.05) is 6.07 Å². The van der Waals surface area contributed by atoms with Gasteiger partial charge < -0.3 is 9.27 Å². The first-order valence-corrected chi connectivity index (χ1v) is 4.16. The number of hydrogen-bond acceptors (Lipinski definition) is 3. The van der Waals surface area contributed by atoms with Gasteiger partial charge in [0.15, 0.2) is 0 Å². The van der Waals surface area contributed by atoms with Crippen LogP contribution in [-0.4, -0.2) is 8.76 Å². The molecule has 0 amide bonds. The van der Waals surface area contributed by atoms with Gasteiger partial charge in [-0.25, -0.2) is 0 Å². The molecule has 5 heteroatoms. The molecule has 1 atom stereocenters. The van der Waals surface area contributed by atoms with Gasteiger partial charge in [0, 0.05) is 17.0 Å². The minimum atomic E-state index is -2.34. The Morgan fingerprint density at radius 2 is 2.33 bits per heavy atom. The summed E-state index contributed by atoms with van der Waals surface area (Å²) in [6, 6.07) is 8.12. The first-order chi connectivity index (χ1) is 5.72. The molecule has 4 nitrogen and oxygen atoms in total. The number of nitrogens with one attached hydrogen (secondary N) is 1. The fraction of sp³-hybridized carbons (Fsp3) is 0. The molecular weight excluding hydrogens is 176 g/mol. The summed E-state index contributed by atoms with van der Waals surface area (Å²) >= 11 is -2.34. The van der Waals surface area contributed by atoms with E-state index in [1.165, 1.54) is 6.07 Å². The van der Waals surface area contributed by atoms with Crippen molar-refractivity contribution >= 4 is 17.0 Å². The number of anilines is 1. The molecule has 0 heterocycles. The van der Waals surface area contributed by atoms with E-state index in [4.69, 9.17) is 5.26 Å². The van der Waals surface area contributed by atoms with Crippen molar-refractivity contribution in [3.05, 3.63) is 29.8 Å². The maximum absolute atomic E-state index is 10.2. The maximum atomic E-state index is 10.2. The highest BCUT2D eigenvalue weighted by Crippen LogP contribution is 2.09. The summed E-state index contributed by atoms with van der Waals surface area (Å²) in [6.45, 7) is 0. The van der Waals surface area contributed by atoms with Crippen molar-refractivity contribution in [1.29, 1.82) is 5.26 Å². The summed E-state index contributed by atoms with van der Waals surface area (Å²) in [6.07, 6.45) is 0. The highest BCUT2D eigenvalue weighted by atomic mass is 32.2. The molecule has 0 radical (unpaired) electrons. The van der Waals surface area contributed by atoms with Crippen LogP contribution in [0.1, 0.15) is 5.56 Å². The molecule has 0 bridgehead atoms. The Morgan fingerprint density at radius 3 is 2.92 bits per heavy atom. The van der Waals surface area contributed by atoms with E-state index < -0.39 is 11.3 Å². The van der Waals surface area contributed by atoms with E-state index in [1.54, 1.807) is 18.2 Å². The van der Waals surface area contributed by atoms with Gasteiger partial charge in [-0.1, -0.05) is 6.07 Å². The molecule has 1 aromatic carbocycles. The van der Waals surface area contributed by atoms with E-state index in [9.17, 15) is 8.76 Å². The Balaban J connectivity index is 2.88. The van der Waals surface area contributed by atoms with Gasteiger partial charge in [0.05, 0.1) is 11.6 Å². The van der Waals surface area contributed by atoms with E-state index in [2.05, 4.69) is 4.72 Å². The molecule has 0 aromatic heterocycles. The van der Waals surface area contributed by atoms with Crippen LogP contribution in [0, 0.1) is 11.3 Å². The largest absolute Gasteiger partial charge is 0.755 e. The predicted octanol–water partition coefficient (Wildman–Crippen LogP) is 0.764. The number of rotatable bonds is 2. The number of benzene rings is 1. The smallest absolute Gasteiger partial charge is 0.0992 e. The van der Waals surface area contributed by atoms with Crippen LogP contribution in [0.5, 0.6) is 0 Å². The van der Waals surface area contributed by atoms with Crippen LogP contribution < -0.4 is 4.72 Å². The molecule has 12 heavy (non-hydrogen) atoms. The summed E-state index contributed by atoms with van der Waals surface area (Å²) in [5.74, 6) is 0. The molecule has 62 valence electrons. The molecule has 0 aliphatic rings. The van der Waals surface area contributed by atoms with E-state index in [0.29, 0.717) is 11.3 Å². The van der Waals surface area contributed by atoms with Crippen molar-refractivity contribution in [3.8, 4) is 6.07 Å². The summed E-state index contributed by atoms with van der Waals surface area (Å²) in [7, 11) is 0. The van der Waals surface area contributed by atoms with E-state index >= 15 is 0 Å². The molecule has 1 aromatic rings. The number of hydrogen-bond donors (Lipinski definition) is 1. The van der Waals surface area contributed by atoms with Gasteiger partial charge >= 0.3 is 0 Å². The lowest BCUT2D eigenvalue weighted by molar-refractivity contribution is 0.542. The van der Waals surface area contributed by atoms with Crippen molar-refractivity contribution in [2.75, 3.05) is 4.72 Å². The molecular formula is C7H5N2O2S-. The predicted molar refractivity (Wildman–Crippen MR) is 43.7 cm³/mol. The van der Waals surface area contributed by atoms with E-state index in [0.717, 1.165) is 0 Å². The lowest BCUT2D eigenvalue weighted by atomic mass is 10.2. The third-order valence-corrected chi connectivity index (χ3v) is 1.60. The average molecular weight is 181 g/mol. The van der Waals surface area contributed by atoms with Gasteiger partial charge in [-0.2, -0.15) is 5.26 Å². The molecule has 0 saturated heterocycles. The highest BCUT2D eigenvalue weighted by molar-refractivity contribution is 7.80. The summed E-state index contributed by atoms with van der Waals surface area (Å²) in [5, 5.41) is 8.46. The van der Waals surface area contributed by atoms with Gasteiger partial charge in [-0.3, -0.25) is 4.21 Å². The van der Waals surface area contributed by atoms with Crippen LogP contribution >= 0.6 is 0 Å². The van der Waals surface area contributed by atoms with Crippen molar-refractivity contribution in [2.45, 2.75) is 0 Å². The van der Waals surface area contributed by atoms with Crippen molar-refractivity contribution < 1.29 is 8.76 Å². The van der Waals surface area contributed by atoms with Gasteiger partial charge in [0.1, 0.15) is 0 Å². The van der Waals surface area contributed by atoms with Crippen LogP contribution in [0.2, 0.25) is 0 Å². The van der Waals surface area contributed by atoms with Crippen LogP contribution in [0.25, 0.3) is 0 Å². The quantitative estimate of drug-likeness (QED) is 0.684. The summed E-state index contributed by atoms with van der Waals surface area (Å²) in [5.41, 5.74) is 0.813. The average Bonchev–Trinajstić information content (AvgIpc) is 2.03. The number of nitrogens with zero attached hydrogens (tertiary/aromatic N) is 1. The molecule has 1 rings (SSSR count). The van der Waals surface area contributed by atoms with Crippen LogP contribution in [0.15, 0.2) is 24.3 Å². The lowest BCUT2D eigenvalue weighted by Gasteiger charge is -2.07. The molecule has 0 fully saturated rings. The standard InChI is InChI=1S/C7H6N2O2S/c8-5-6-2-1-3-7(4-6)9-12(10)11/h1-4,9H,(H,10,11)/p-1. The monoisotopic (exact) mass is 181 g/mol. The Bertz CT molecular complexity index is 346. The van der Waals surface area contributed by atoms with Gasteiger partial charge in [0.25, 0.3) is 0 Å². The van der Waals surface area contributed by atoms with Crippen LogP contribution in [0.4, 0.5) is 5.69 Å². The second kappa shape index (κ2) is 3.85.